The lowest BCUT2D eigenvalue weighted by atomic mass is 10.1. The van der Waals surface area contributed by atoms with Crippen molar-refractivity contribution in [2.24, 2.45) is 5.73 Å². The number of fused-ring (bicyclic) bond motifs is 1. The first-order valence-corrected chi connectivity index (χ1v) is 8.76. The fourth-order valence-corrected chi connectivity index (χ4v) is 3.60. The number of thiazole rings is 1. The number of hydrogen-bond acceptors (Lipinski definition) is 4. The molecule has 0 amide bonds. The van der Waals surface area contributed by atoms with Gasteiger partial charge in [0.05, 0.1) is 17.2 Å². The summed E-state index contributed by atoms with van der Waals surface area (Å²) < 4.78 is 2.76. The Morgan fingerprint density at radius 2 is 2.04 bits per heavy atom. The van der Waals surface area contributed by atoms with Crippen molar-refractivity contribution >= 4 is 34.0 Å². The fourth-order valence-electron chi connectivity index (χ4n) is 2.70. The molecule has 0 aliphatic carbocycles. The first-order valence-electron chi connectivity index (χ1n) is 7.56. The summed E-state index contributed by atoms with van der Waals surface area (Å²) in [6, 6.07) is 14.4. The lowest BCUT2D eigenvalue weighted by Crippen LogP contribution is -2.04. The third-order valence-electron chi connectivity index (χ3n) is 3.95. The number of imidazole rings is 1. The third-order valence-corrected chi connectivity index (χ3v) is 5.11. The predicted octanol–water partition coefficient (Wildman–Crippen LogP) is 4.82. The van der Waals surface area contributed by atoms with Crippen LogP contribution in [0.2, 0.25) is 4.34 Å². The molecular formula is C18H15ClN4S. The molecule has 0 bridgehead atoms. The Bertz CT molecular complexity index is 1020. The van der Waals surface area contributed by atoms with Gasteiger partial charge < -0.3 is 5.73 Å². The van der Waals surface area contributed by atoms with Crippen LogP contribution >= 0.6 is 22.9 Å². The van der Waals surface area contributed by atoms with Gasteiger partial charge in [-0.25, -0.2) is 9.97 Å². The number of nitrogens with two attached hydrogens (primary N) is 1. The van der Waals surface area contributed by atoms with Gasteiger partial charge in [-0.3, -0.25) is 4.57 Å². The van der Waals surface area contributed by atoms with Crippen LogP contribution in [-0.4, -0.2) is 14.5 Å². The number of nitrogens with zero attached hydrogens (tertiary/aromatic N) is 3. The van der Waals surface area contributed by atoms with Crippen LogP contribution in [0.1, 0.15) is 18.5 Å². The highest BCUT2D eigenvalue weighted by molar-refractivity contribution is 7.18. The van der Waals surface area contributed by atoms with Crippen LogP contribution in [0.25, 0.3) is 27.3 Å². The molecule has 4 aromatic rings. The maximum atomic E-state index is 6.00. The highest BCUT2D eigenvalue weighted by Crippen LogP contribution is 2.30. The first kappa shape index (κ1) is 15.3. The average Bonchev–Trinajstić information content (AvgIpc) is 3.20. The summed E-state index contributed by atoms with van der Waals surface area (Å²) in [6.07, 6.45) is 3.51. The van der Waals surface area contributed by atoms with E-state index >= 15 is 0 Å². The van der Waals surface area contributed by atoms with Crippen molar-refractivity contribution in [2.75, 3.05) is 0 Å². The topological polar surface area (TPSA) is 56.7 Å². The van der Waals surface area contributed by atoms with Crippen molar-refractivity contribution < 1.29 is 0 Å². The Morgan fingerprint density at radius 1 is 1.17 bits per heavy atom. The van der Waals surface area contributed by atoms with E-state index < -0.39 is 0 Å². The standard InChI is InChI=1S/C18H15ClN4S/c1-11(20)12-5-6-16-15(8-12)22-10-23(16)14-4-2-3-13(7-14)18-21-9-17(19)24-18/h2-11H,20H2,1H3/t11-/m1/s1. The van der Waals surface area contributed by atoms with E-state index in [1.807, 2.05) is 31.5 Å². The molecule has 0 saturated carbocycles. The molecule has 24 heavy (non-hydrogen) atoms. The van der Waals surface area contributed by atoms with Gasteiger partial charge in [0.15, 0.2) is 0 Å². The maximum Gasteiger partial charge on any atom is 0.124 e. The maximum absolute atomic E-state index is 6.00. The minimum Gasteiger partial charge on any atom is -0.324 e. The molecule has 0 radical (unpaired) electrons. The molecule has 0 fully saturated rings. The van der Waals surface area contributed by atoms with Crippen molar-refractivity contribution in [3.63, 3.8) is 0 Å². The van der Waals surface area contributed by atoms with Crippen LogP contribution in [0.15, 0.2) is 55.0 Å². The van der Waals surface area contributed by atoms with Gasteiger partial charge in [-0.15, -0.1) is 11.3 Å². The Labute approximate surface area is 148 Å². The molecule has 6 heteroatoms. The number of aromatic nitrogens is 3. The van der Waals surface area contributed by atoms with Crippen molar-refractivity contribution in [3.05, 3.63) is 64.9 Å². The molecule has 0 spiro atoms. The van der Waals surface area contributed by atoms with Gasteiger partial charge in [-0.05, 0) is 36.8 Å². The molecular weight excluding hydrogens is 340 g/mol. The second-order valence-corrected chi connectivity index (χ2v) is 7.33. The molecule has 2 aromatic heterocycles. The molecule has 0 saturated heterocycles. The average molecular weight is 355 g/mol. The van der Waals surface area contributed by atoms with Crippen LogP contribution in [0.3, 0.4) is 0 Å². The Hall–Kier alpha value is -2.21. The van der Waals surface area contributed by atoms with E-state index in [9.17, 15) is 0 Å². The lowest BCUT2D eigenvalue weighted by molar-refractivity contribution is 0.819. The van der Waals surface area contributed by atoms with Gasteiger partial charge in [0, 0.05) is 17.3 Å². The molecule has 0 unspecified atom stereocenters. The highest BCUT2D eigenvalue weighted by atomic mass is 35.5. The summed E-state index contributed by atoms with van der Waals surface area (Å²) in [5, 5.41) is 0.908. The fraction of sp³-hybridized carbons (Fsp3) is 0.111. The van der Waals surface area contributed by atoms with Crippen LogP contribution < -0.4 is 5.73 Å². The van der Waals surface area contributed by atoms with E-state index in [0.717, 1.165) is 32.9 Å². The van der Waals surface area contributed by atoms with Gasteiger partial charge in [0.2, 0.25) is 0 Å². The molecule has 1 atom stereocenters. The number of rotatable bonds is 3. The van der Waals surface area contributed by atoms with E-state index in [1.165, 1.54) is 11.3 Å². The number of hydrogen-bond donors (Lipinski definition) is 1. The van der Waals surface area contributed by atoms with Gasteiger partial charge >= 0.3 is 0 Å². The summed E-state index contributed by atoms with van der Waals surface area (Å²) in [5.41, 5.74) is 11.1. The van der Waals surface area contributed by atoms with Crippen molar-refractivity contribution in [3.8, 4) is 16.3 Å². The van der Waals surface area contributed by atoms with Crippen LogP contribution in [0.5, 0.6) is 0 Å². The van der Waals surface area contributed by atoms with E-state index in [0.29, 0.717) is 4.34 Å². The largest absolute Gasteiger partial charge is 0.324 e. The minimum absolute atomic E-state index is 0.00229. The van der Waals surface area contributed by atoms with Gasteiger partial charge in [-0.2, -0.15) is 0 Å². The number of halogens is 1. The summed E-state index contributed by atoms with van der Waals surface area (Å²) >= 11 is 7.47. The summed E-state index contributed by atoms with van der Waals surface area (Å²) in [5.74, 6) is 0. The Balaban J connectivity index is 1.80. The molecule has 2 N–H and O–H groups in total. The molecule has 0 aliphatic rings. The zero-order valence-electron chi connectivity index (χ0n) is 13.0. The monoisotopic (exact) mass is 354 g/mol. The molecule has 2 aromatic carbocycles. The lowest BCUT2D eigenvalue weighted by Gasteiger charge is -2.08. The first-order chi connectivity index (χ1) is 11.6. The number of benzene rings is 2. The summed E-state index contributed by atoms with van der Waals surface area (Å²) in [7, 11) is 0. The van der Waals surface area contributed by atoms with E-state index in [1.54, 1.807) is 6.20 Å². The second-order valence-electron chi connectivity index (χ2n) is 5.67. The van der Waals surface area contributed by atoms with Crippen LogP contribution in [-0.2, 0) is 0 Å². The smallest absolute Gasteiger partial charge is 0.124 e. The zero-order valence-corrected chi connectivity index (χ0v) is 14.6. The Morgan fingerprint density at radius 3 is 2.79 bits per heavy atom. The molecule has 0 aliphatic heterocycles. The van der Waals surface area contributed by atoms with Crippen molar-refractivity contribution in [1.82, 2.24) is 14.5 Å². The third kappa shape index (κ3) is 2.71. The van der Waals surface area contributed by atoms with Crippen LogP contribution in [0, 0.1) is 0 Å². The summed E-state index contributed by atoms with van der Waals surface area (Å²) in [4.78, 5) is 8.87. The second kappa shape index (κ2) is 6.02. The predicted molar refractivity (Wildman–Crippen MR) is 99.8 cm³/mol. The van der Waals surface area contributed by atoms with E-state index in [4.69, 9.17) is 17.3 Å². The van der Waals surface area contributed by atoms with Crippen LogP contribution in [0.4, 0.5) is 0 Å². The highest BCUT2D eigenvalue weighted by Gasteiger charge is 2.09. The van der Waals surface area contributed by atoms with Gasteiger partial charge in [0.1, 0.15) is 15.7 Å². The van der Waals surface area contributed by atoms with Crippen molar-refractivity contribution in [2.45, 2.75) is 13.0 Å². The zero-order chi connectivity index (χ0) is 16.7. The van der Waals surface area contributed by atoms with Crippen molar-refractivity contribution in [1.29, 1.82) is 0 Å². The van der Waals surface area contributed by atoms with Gasteiger partial charge in [-0.1, -0.05) is 29.8 Å². The van der Waals surface area contributed by atoms with E-state index in [2.05, 4.69) is 38.8 Å². The Kier molecular flexibility index (Phi) is 3.84. The normalized spacial score (nSPS) is 12.6. The molecule has 4 rings (SSSR count). The molecule has 120 valence electrons. The molecule has 2 heterocycles. The minimum atomic E-state index is -0.00229. The SMILES string of the molecule is C[C@@H](N)c1ccc2c(c1)ncn2-c1cccc(-c2ncc(Cl)s2)c1. The summed E-state index contributed by atoms with van der Waals surface area (Å²) in [6.45, 7) is 1.97. The quantitative estimate of drug-likeness (QED) is 0.573. The molecule has 4 nitrogen and oxygen atoms in total. The van der Waals surface area contributed by atoms with Gasteiger partial charge in [0.25, 0.3) is 0 Å². The van der Waals surface area contributed by atoms with E-state index in [-0.39, 0.29) is 6.04 Å².